The summed E-state index contributed by atoms with van der Waals surface area (Å²) in [6, 6.07) is 0. The standard InChI is InChI=1S/C10H14S/c1-4-6-9-8(3)7-11-10(9)5-2/h4-7,9-10H,2H2,1,3H3/b6-4-. The third-order valence-corrected chi connectivity index (χ3v) is 3.23. The summed E-state index contributed by atoms with van der Waals surface area (Å²) in [5.74, 6) is 0.586. The minimum absolute atomic E-state index is 0.561. The van der Waals surface area contributed by atoms with E-state index in [2.05, 4.69) is 38.0 Å². The van der Waals surface area contributed by atoms with Gasteiger partial charge in [0.25, 0.3) is 0 Å². The molecule has 0 nitrogen and oxygen atoms in total. The van der Waals surface area contributed by atoms with Gasteiger partial charge in [0.05, 0.1) is 0 Å². The molecule has 0 spiro atoms. The summed E-state index contributed by atoms with van der Waals surface area (Å²) in [4.78, 5) is 0. The molecular formula is C10H14S. The van der Waals surface area contributed by atoms with Gasteiger partial charge < -0.3 is 0 Å². The fraction of sp³-hybridized carbons (Fsp3) is 0.400. The molecule has 1 aliphatic heterocycles. The van der Waals surface area contributed by atoms with Crippen LogP contribution in [0, 0.1) is 5.92 Å². The zero-order chi connectivity index (χ0) is 8.27. The molecule has 1 heterocycles. The lowest BCUT2D eigenvalue weighted by Crippen LogP contribution is -2.07. The highest BCUT2D eigenvalue weighted by atomic mass is 32.2. The average molecular weight is 166 g/mol. The molecule has 1 aliphatic rings. The first kappa shape index (κ1) is 8.66. The van der Waals surface area contributed by atoms with Crippen molar-refractivity contribution < 1.29 is 0 Å². The van der Waals surface area contributed by atoms with Crippen LogP contribution in [0.1, 0.15) is 13.8 Å². The van der Waals surface area contributed by atoms with E-state index in [1.807, 2.05) is 17.8 Å². The number of rotatable bonds is 2. The van der Waals surface area contributed by atoms with Gasteiger partial charge in [-0.15, -0.1) is 18.3 Å². The van der Waals surface area contributed by atoms with Gasteiger partial charge in [0.15, 0.2) is 0 Å². The molecule has 2 atom stereocenters. The van der Waals surface area contributed by atoms with Crippen molar-refractivity contribution in [2.75, 3.05) is 0 Å². The van der Waals surface area contributed by atoms with E-state index in [0.717, 1.165) is 0 Å². The summed E-state index contributed by atoms with van der Waals surface area (Å²) in [6.07, 6.45) is 6.39. The minimum atomic E-state index is 0.561. The fourth-order valence-electron chi connectivity index (χ4n) is 1.28. The van der Waals surface area contributed by atoms with E-state index in [4.69, 9.17) is 0 Å². The summed E-state index contributed by atoms with van der Waals surface area (Å²) in [5.41, 5.74) is 1.46. The number of hydrogen-bond donors (Lipinski definition) is 0. The van der Waals surface area contributed by atoms with Crippen molar-refractivity contribution in [2.45, 2.75) is 19.1 Å². The number of allylic oxidation sites excluding steroid dienone is 3. The van der Waals surface area contributed by atoms with Crippen molar-refractivity contribution in [2.24, 2.45) is 5.92 Å². The Bertz CT molecular complexity index is 201. The number of hydrogen-bond acceptors (Lipinski definition) is 1. The fourth-order valence-corrected chi connectivity index (χ4v) is 2.39. The highest BCUT2D eigenvalue weighted by Gasteiger charge is 2.22. The van der Waals surface area contributed by atoms with Gasteiger partial charge in [0, 0.05) is 11.2 Å². The molecule has 0 saturated heterocycles. The van der Waals surface area contributed by atoms with Crippen LogP contribution in [0.5, 0.6) is 0 Å². The topological polar surface area (TPSA) is 0 Å². The normalized spacial score (nSPS) is 30.9. The molecule has 0 fully saturated rings. The maximum Gasteiger partial charge on any atom is 0.0366 e. The highest BCUT2D eigenvalue weighted by molar-refractivity contribution is 8.03. The van der Waals surface area contributed by atoms with Gasteiger partial charge in [-0.2, -0.15) is 0 Å². The second-order valence-corrected chi connectivity index (χ2v) is 3.80. The van der Waals surface area contributed by atoms with Crippen LogP contribution in [-0.4, -0.2) is 5.25 Å². The molecule has 60 valence electrons. The summed E-state index contributed by atoms with van der Waals surface area (Å²) in [7, 11) is 0. The Morgan fingerprint density at radius 2 is 2.36 bits per heavy atom. The van der Waals surface area contributed by atoms with E-state index < -0.39 is 0 Å². The van der Waals surface area contributed by atoms with Gasteiger partial charge in [-0.25, -0.2) is 0 Å². The molecule has 0 aromatic rings. The second kappa shape index (κ2) is 3.82. The van der Waals surface area contributed by atoms with Gasteiger partial charge >= 0.3 is 0 Å². The van der Waals surface area contributed by atoms with Gasteiger partial charge in [-0.1, -0.05) is 23.8 Å². The lowest BCUT2D eigenvalue weighted by Gasteiger charge is -2.12. The molecular weight excluding hydrogens is 152 g/mol. The third kappa shape index (κ3) is 1.78. The van der Waals surface area contributed by atoms with E-state index >= 15 is 0 Å². The zero-order valence-corrected chi connectivity index (χ0v) is 7.90. The molecule has 2 unspecified atom stereocenters. The van der Waals surface area contributed by atoms with Crippen LogP contribution in [0.4, 0.5) is 0 Å². The molecule has 0 aromatic heterocycles. The van der Waals surface area contributed by atoms with Gasteiger partial charge in [-0.3, -0.25) is 0 Å². The van der Waals surface area contributed by atoms with E-state index in [-0.39, 0.29) is 0 Å². The lowest BCUT2D eigenvalue weighted by molar-refractivity contribution is 0.809. The summed E-state index contributed by atoms with van der Waals surface area (Å²) < 4.78 is 0. The summed E-state index contributed by atoms with van der Waals surface area (Å²) in [6.45, 7) is 8.07. The molecule has 0 bridgehead atoms. The molecule has 0 N–H and O–H groups in total. The monoisotopic (exact) mass is 166 g/mol. The van der Waals surface area contributed by atoms with Crippen molar-refractivity contribution in [3.63, 3.8) is 0 Å². The summed E-state index contributed by atoms with van der Waals surface area (Å²) >= 11 is 1.87. The first-order valence-corrected chi connectivity index (χ1v) is 4.81. The largest absolute Gasteiger partial charge is 0.126 e. The van der Waals surface area contributed by atoms with Crippen LogP contribution < -0.4 is 0 Å². The van der Waals surface area contributed by atoms with E-state index in [9.17, 15) is 0 Å². The van der Waals surface area contributed by atoms with E-state index in [0.29, 0.717) is 11.2 Å². The van der Waals surface area contributed by atoms with E-state index in [1.165, 1.54) is 5.57 Å². The maximum atomic E-state index is 3.82. The Hall–Kier alpha value is -0.430. The molecule has 0 amide bonds. The highest BCUT2D eigenvalue weighted by Crippen LogP contribution is 2.36. The van der Waals surface area contributed by atoms with Gasteiger partial charge in [-0.05, 0) is 19.3 Å². The quantitative estimate of drug-likeness (QED) is 0.567. The Balaban J connectivity index is 2.71. The second-order valence-electron chi connectivity index (χ2n) is 2.75. The maximum absolute atomic E-state index is 3.82. The van der Waals surface area contributed by atoms with Crippen LogP contribution in [0.2, 0.25) is 0 Å². The van der Waals surface area contributed by atoms with Gasteiger partial charge in [0.1, 0.15) is 0 Å². The van der Waals surface area contributed by atoms with Crippen molar-refractivity contribution in [1.82, 2.24) is 0 Å². The lowest BCUT2D eigenvalue weighted by atomic mass is 9.98. The van der Waals surface area contributed by atoms with Crippen molar-refractivity contribution in [3.8, 4) is 0 Å². The molecule has 1 heteroatoms. The zero-order valence-electron chi connectivity index (χ0n) is 7.08. The first-order chi connectivity index (χ1) is 5.29. The molecule has 0 radical (unpaired) electrons. The van der Waals surface area contributed by atoms with Gasteiger partial charge in [0.2, 0.25) is 0 Å². The predicted molar refractivity (Wildman–Crippen MR) is 53.6 cm³/mol. The Morgan fingerprint density at radius 1 is 1.64 bits per heavy atom. The molecule has 11 heavy (non-hydrogen) atoms. The summed E-state index contributed by atoms with van der Waals surface area (Å²) in [5, 5.41) is 2.79. The van der Waals surface area contributed by atoms with Crippen LogP contribution in [0.25, 0.3) is 0 Å². The van der Waals surface area contributed by atoms with Crippen molar-refractivity contribution in [3.05, 3.63) is 35.8 Å². The minimum Gasteiger partial charge on any atom is -0.126 e. The SMILES string of the molecule is C=CC1SC=C(C)C1/C=C\C. The first-order valence-electron chi connectivity index (χ1n) is 3.87. The Labute approximate surface area is 73.1 Å². The Kier molecular flexibility index (Phi) is 3.01. The number of thioether (sulfide) groups is 1. The molecule has 0 aliphatic carbocycles. The van der Waals surface area contributed by atoms with Crippen molar-refractivity contribution >= 4 is 11.8 Å². The predicted octanol–water partition coefficient (Wildman–Crippen LogP) is 3.38. The third-order valence-electron chi connectivity index (χ3n) is 1.92. The molecule has 0 aromatic carbocycles. The van der Waals surface area contributed by atoms with Crippen molar-refractivity contribution in [1.29, 1.82) is 0 Å². The molecule has 1 rings (SSSR count). The molecule has 0 saturated carbocycles. The average Bonchev–Trinajstić information content (AvgIpc) is 2.34. The van der Waals surface area contributed by atoms with Crippen LogP contribution in [0.15, 0.2) is 35.8 Å². The smallest absolute Gasteiger partial charge is 0.0366 e. The Morgan fingerprint density at radius 3 is 2.91 bits per heavy atom. The van der Waals surface area contributed by atoms with Crippen LogP contribution in [0.3, 0.4) is 0 Å². The van der Waals surface area contributed by atoms with Crippen LogP contribution >= 0.6 is 11.8 Å². The van der Waals surface area contributed by atoms with E-state index in [1.54, 1.807) is 0 Å². The van der Waals surface area contributed by atoms with Crippen LogP contribution in [-0.2, 0) is 0 Å².